The third kappa shape index (κ3) is 1.39. The lowest BCUT2D eigenvalue weighted by Crippen LogP contribution is -2.06. The molecule has 0 fully saturated rings. The molecule has 17 heavy (non-hydrogen) atoms. The van der Waals surface area contributed by atoms with Crippen molar-refractivity contribution in [2.45, 2.75) is 26.7 Å². The van der Waals surface area contributed by atoms with Crippen LogP contribution in [0.4, 0.5) is 0 Å². The number of esters is 1. The maximum Gasteiger partial charge on any atom is 0.318 e. The number of ketones is 1. The quantitative estimate of drug-likeness (QED) is 0.440. The van der Waals surface area contributed by atoms with Gasteiger partial charge in [-0.3, -0.25) is 9.59 Å². The lowest BCUT2D eigenvalue weighted by Gasteiger charge is -2.12. The Morgan fingerprint density at radius 2 is 1.88 bits per heavy atom. The summed E-state index contributed by atoms with van der Waals surface area (Å²) in [6.07, 6.45) is 0. The van der Waals surface area contributed by atoms with Crippen molar-refractivity contribution in [1.82, 2.24) is 0 Å². The second kappa shape index (κ2) is 3.48. The number of ether oxygens (including phenoxy) is 1. The Bertz CT molecular complexity index is 545. The number of carbonyl (C=O) groups is 2. The molecular formula is C12H12O5. The molecule has 1 heterocycles. The van der Waals surface area contributed by atoms with Crippen LogP contribution in [0, 0.1) is 6.92 Å². The molecule has 1 unspecified atom stereocenters. The van der Waals surface area contributed by atoms with Crippen LogP contribution in [0.15, 0.2) is 0 Å². The lowest BCUT2D eigenvalue weighted by molar-refractivity contribution is -0.133. The van der Waals surface area contributed by atoms with Gasteiger partial charge in [-0.05, 0) is 20.8 Å². The molecule has 1 aliphatic rings. The summed E-state index contributed by atoms with van der Waals surface area (Å²) in [5, 5.41) is 19.7. The molecule has 1 aliphatic heterocycles. The van der Waals surface area contributed by atoms with Gasteiger partial charge in [-0.2, -0.15) is 0 Å². The van der Waals surface area contributed by atoms with E-state index in [1.54, 1.807) is 6.92 Å². The van der Waals surface area contributed by atoms with Crippen molar-refractivity contribution in [3.8, 4) is 17.2 Å². The number of carbonyl (C=O) groups excluding carboxylic acids is 2. The number of Topliss-reactive ketones (excluding diaryl/α,β-unsaturated/α-hetero) is 1. The van der Waals surface area contributed by atoms with Crippen molar-refractivity contribution in [3.05, 3.63) is 16.7 Å². The Morgan fingerprint density at radius 3 is 2.41 bits per heavy atom. The third-order valence-electron chi connectivity index (χ3n) is 3.02. The molecule has 2 rings (SSSR count). The minimum absolute atomic E-state index is 0.0180. The van der Waals surface area contributed by atoms with E-state index in [0.717, 1.165) is 0 Å². The van der Waals surface area contributed by atoms with Crippen LogP contribution in [0.2, 0.25) is 0 Å². The summed E-state index contributed by atoms with van der Waals surface area (Å²) >= 11 is 0. The van der Waals surface area contributed by atoms with E-state index < -0.39 is 17.7 Å². The van der Waals surface area contributed by atoms with Gasteiger partial charge in [-0.15, -0.1) is 0 Å². The minimum Gasteiger partial charge on any atom is -0.507 e. The molecular weight excluding hydrogens is 224 g/mol. The first-order valence-corrected chi connectivity index (χ1v) is 5.17. The second-order valence-electron chi connectivity index (χ2n) is 4.14. The normalized spacial score (nSPS) is 17.8. The highest BCUT2D eigenvalue weighted by molar-refractivity contribution is 6.04. The van der Waals surface area contributed by atoms with Gasteiger partial charge in [0, 0.05) is 5.56 Å². The van der Waals surface area contributed by atoms with Crippen LogP contribution in [0.3, 0.4) is 0 Å². The zero-order valence-electron chi connectivity index (χ0n) is 9.70. The van der Waals surface area contributed by atoms with Crippen molar-refractivity contribution in [2.24, 2.45) is 0 Å². The summed E-state index contributed by atoms with van der Waals surface area (Å²) in [6.45, 7) is 4.32. The van der Waals surface area contributed by atoms with E-state index in [0.29, 0.717) is 0 Å². The monoisotopic (exact) mass is 236 g/mol. The molecule has 0 amide bonds. The summed E-state index contributed by atoms with van der Waals surface area (Å²) in [6, 6.07) is 0. The van der Waals surface area contributed by atoms with Gasteiger partial charge in [-0.25, -0.2) is 0 Å². The molecule has 0 aromatic heterocycles. The van der Waals surface area contributed by atoms with E-state index in [-0.39, 0.29) is 33.9 Å². The highest BCUT2D eigenvalue weighted by Gasteiger charge is 2.38. The zero-order valence-corrected chi connectivity index (χ0v) is 9.70. The van der Waals surface area contributed by atoms with Crippen molar-refractivity contribution in [1.29, 1.82) is 0 Å². The first-order chi connectivity index (χ1) is 7.86. The molecule has 0 spiro atoms. The van der Waals surface area contributed by atoms with Crippen molar-refractivity contribution in [2.75, 3.05) is 0 Å². The third-order valence-corrected chi connectivity index (χ3v) is 3.02. The second-order valence-corrected chi connectivity index (χ2v) is 4.14. The molecule has 1 aromatic rings. The number of hydrogen-bond donors (Lipinski definition) is 2. The topological polar surface area (TPSA) is 83.8 Å². The van der Waals surface area contributed by atoms with Gasteiger partial charge >= 0.3 is 5.97 Å². The van der Waals surface area contributed by atoms with Gasteiger partial charge in [-0.1, -0.05) is 0 Å². The van der Waals surface area contributed by atoms with Crippen LogP contribution in [0.25, 0.3) is 0 Å². The predicted molar refractivity (Wildman–Crippen MR) is 58.6 cm³/mol. The Balaban J connectivity index is 2.86. The van der Waals surface area contributed by atoms with E-state index in [9.17, 15) is 19.8 Å². The van der Waals surface area contributed by atoms with E-state index in [4.69, 9.17) is 4.74 Å². The van der Waals surface area contributed by atoms with E-state index >= 15 is 0 Å². The molecule has 0 bridgehead atoms. The van der Waals surface area contributed by atoms with E-state index in [1.165, 1.54) is 13.8 Å². The Hall–Kier alpha value is -2.04. The van der Waals surface area contributed by atoms with Crippen LogP contribution in [0.1, 0.15) is 41.3 Å². The van der Waals surface area contributed by atoms with Crippen molar-refractivity contribution < 1.29 is 24.5 Å². The van der Waals surface area contributed by atoms with Crippen LogP contribution in [-0.4, -0.2) is 22.0 Å². The summed E-state index contributed by atoms with van der Waals surface area (Å²) in [5.41, 5.74) is 0.405. The summed E-state index contributed by atoms with van der Waals surface area (Å²) in [7, 11) is 0. The van der Waals surface area contributed by atoms with Crippen molar-refractivity contribution in [3.63, 3.8) is 0 Å². The SMILES string of the molecule is CC(=O)c1c(O)c(C)c(O)c2c1OC(=O)C2C. The fourth-order valence-corrected chi connectivity index (χ4v) is 1.99. The molecule has 0 saturated carbocycles. The first kappa shape index (κ1) is 11.4. The fraction of sp³-hybridized carbons (Fsp3) is 0.333. The molecule has 0 aliphatic carbocycles. The van der Waals surface area contributed by atoms with Crippen LogP contribution >= 0.6 is 0 Å². The highest BCUT2D eigenvalue weighted by atomic mass is 16.5. The standard InChI is InChI=1S/C12H12O5/c1-4-7-9(14)5(2)10(15)8(6(3)13)11(7)17-12(4)16/h4,14-15H,1-3H3. The summed E-state index contributed by atoms with van der Waals surface area (Å²) in [5.74, 6) is -2.14. The van der Waals surface area contributed by atoms with Crippen molar-refractivity contribution >= 4 is 11.8 Å². The molecule has 5 heteroatoms. The molecule has 0 radical (unpaired) electrons. The Kier molecular flexibility index (Phi) is 2.34. The maximum atomic E-state index is 11.5. The number of aromatic hydroxyl groups is 2. The molecule has 90 valence electrons. The number of rotatable bonds is 1. The average Bonchev–Trinajstić information content (AvgIpc) is 2.52. The predicted octanol–water partition coefficient (Wildman–Crippen LogP) is 1.63. The summed E-state index contributed by atoms with van der Waals surface area (Å²) < 4.78 is 4.95. The van der Waals surface area contributed by atoms with E-state index in [2.05, 4.69) is 0 Å². The van der Waals surface area contributed by atoms with Gasteiger partial charge in [0.25, 0.3) is 0 Å². The van der Waals surface area contributed by atoms with Gasteiger partial charge < -0.3 is 14.9 Å². The fourth-order valence-electron chi connectivity index (χ4n) is 1.99. The first-order valence-electron chi connectivity index (χ1n) is 5.17. The smallest absolute Gasteiger partial charge is 0.318 e. The molecule has 5 nitrogen and oxygen atoms in total. The van der Waals surface area contributed by atoms with Crippen LogP contribution in [0.5, 0.6) is 17.2 Å². The number of phenolic OH excluding ortho intramolecular Hbond substituents is 2. The minimum atomic E-state index is -0.637. The Morgan fingerprint density at radius 1 is 1.29 bits per heavy atom. The van der Waals surface area contributed by atoms with Gasteiger partial charge in [0.2, 0.25) is 0 Å². The zero-order chi connectivity index (χ0) is 12.9. The molecule has 1 atom stereocenters. The highest BCUT2D eigenvalue weighted by Crippen LogP contribution is 2.49. The maximum absolute atomic E-state index is 11.5. The van der Waals surface area contributed by atoms with Crippen LogP contribution in [-0.2, 0) is 4.79 Å². The molecule has 1 aromatic carbocycles. The van der Waals surface area contributed by atoms with Crippen LogP contribution < -0.4 is 4.74 Å². The number of hydrogen-bond acceptors (Lipinski definition) is 5. The largest absolute Gasteiger partial charge is 0.507 e. The Labute approximate surface area is 97.6 Å². The number of fused-ring (bicyclic) bond motifs is 1. The molecule has 2 N–H and O–H groups in total. The van der Waals surface area contributed by atoms with Gasteiger partial charge in [0.05, 0.1) is 11.5 Å². The molecule has 0 saturated heterocycles. The number of benzene rings is 1. The number of phenols is 2. The average molecular weight is 236 g/mol. The lowest BCUT2D eigenvalue weighted by atomic mass is 9.94. The van der Waals surface area contributed by atoms with E-state index in [1.807, 2.05) is 0 Å². The summed E-state index contributed by atoms with van der Waals surface area (Å²) in [4.78, 5) is 22.9. The van der Waals surface area contributed by atoms with Gasteiger partial charge in [0.1, 0.15) is 17.1 Å². The van der Waals surface area contributed by atoms with Gasteiger partial charge in [0.15, 0.2) is 11.5 Å².